The van der Waals surface area contributed by atoms with Gasteiger partial charge in [0.15, 0.2) is 0 Å². The van der Waals surface area contributed by atoms with Crippen LogP contribution in [0.3, 0.4) is 0 Å². The van der Waals surface area contributed by atoms with Crippen molar-refractivity contribution < 1.29 is 8.42 Å². The van der Waals surface area contributed by atoms with Crippen LogP contribution >= 0.6 is 0 Å². The van der Waals surface area contributed by atoms with Crippen LogP contribution in [0.15, 0.2) is 29.2 Å². The normalized spacial score (nSPS) is 12.0. The zero-order valence-corrected chi connectivity index (χ0v) is 10.1. The van der Waals surface area contributed by atoms with Gasteiger partial charge in [-0.3, -0.25) is 0 Å². The third kappa shape index (κ3) is 3.32. The van der Waals surface area contributed by atoms with Gasteiger partial charge in [-0.1, -0.05) is 26.0 Å². The quantitative estimate of drug-likeness (QED) is 0.852. The van der Waals surface area contributed by atoms with Crippen molar-refractivity contribution >= 4 is 10.0 Å². The van der Waals surface area contributed by atoms with E-state index in [0.717, 1.165) is 12.0 Å². The zero-order chi connectivity index (χ0) is 11.5. The molecular weight excluding hydrogens is 210 g/mol. The molecule has 0 saturated carbocycles. The van der Waals surface area contributed by atoms with Crippen molar-refractivity contribution in [1.82, 2.24) is 4.72 Å². The Morgan fingerprint density at radius 3 is 2.53 bits per heavy atom. The maximum atomic E-state index is 11.5. The minimum atomic E-state index is -3.31. The summed E-state index contributed by atoms with van der Waals surface area (Å²) in [6.07, 6.45) is 0.896. The molecule has 1 rings (SSSR count). The van der Waals surface area contributed by atoms with Crippen LogP contribution in [0.2, 0.25) is 0 Å². The van der Waals surface area contributed by atoms with E-state index >= 15 is 0 Å². The van der Waals surface area contributed by atoms with E-state index in [9.17, 15) is 8.42 Å². The van der Waals surface area contributed by atoms with E-state index in [4.69, 9.17) is 0 Å². The fraction of sp³-hybridized carbons (Fsp3) is 0.455. The summed E-state index contributed by atoms with van der Waals surface area (Å²) in [5.41, 5.74) is 1.06. The first-order valence-corrected chi connectivity index (χ1v) is 6.46. The van der Waals surface area contributed by atoms with E-state index in [1.54, 1.807) is 18.2 Å². The lowest BCUT2D eigenvalue weighted by Gasteiger charge is -2.07. The third-order valence-electron chi connectivity index (χ3n) is 2.12. The van der Waals surface area contributed by atoms with Crippen molar-refractivity contribution in [3.05, 3.63) is 29.8 Å². The molecule has 0 aliphatic carbocycles. The predicted molar refractivity (Wildman–Crippen MR) is 61.2 cm³/mol. The molecule has 0 aromatic heterocycles. The molecule has 0 aliphatic rings. The molecule has 0 bridgehead atoms. The molecule has 0 aliphatic heterocycles. The Balaban J connectivity index is 3.03. The van der Waals surface area contributed by atoms with E-state index < -0.39 is 10.0 Å². The summed E-state index contributed by atoms with van der Waals surface area (Å²) in [6, 6.07) is 7.07. The van der Waals surface area contributed by atoms with Gasteiger partial charge in [-0.15, -0.1) is 0 Å². The van der Waals surface area contributed by atoms with Crippen molar-refractivity contribution in [2.24, 2.45) is 5.92 Å². The average molecular weight is 227 g/mol. The molecule has 0 radical (unpaired) electrons. The van der Waals surface area contributed by atoms with Crippen LogP contribution in [0, 0.1) is 5.92 Å². The Morgan fingerprint density at radius 2 is 2.00 bits per heavy atom. The lowest BCUT2D eigenvalue weighted by Crippen LogP contribution is -2.18. The number of hydrogen-bond donors (Lipinski definition) is 1. The van der Waals surface area contributed by atoms with Gasteiger partial charge in [0.1, 0.15) is 0 Å². The van der Waals surface area contributed by atoms with Crippen molar-refractivity contribution in [1.29, 1.82) is 0 Å². The molecule has 0 unspecified atom stereocenters. The second-order valence-corrected chi connectivity index (χ2v) is 5.84. The smallest absolute Gasteiger partial charge is 0.214 e. The maximum Gasteiger partial charge on any atom is 0.240 e. The van der Waals surface area contributed by atoms with Crippen LogP contribution in [0.5, 0.6) is 0 Å². The van der Waals surface area contributed by atoms with E-state index in [2.05, 4.69) is 18.6 Å². The summed E-state index contributed by atoms with van der Waals surface area (Å²) in [5, 5.41) is 0. The minimum absolute atomic E-state index is 0.336. The van der Waals surface area contributed by atoms with Crippen LogP contribution in [-0.4, -0.2) is 15.5 Å². The van der Waals surface area contributed by atoms with Gasteiger partial charge in [0.25, 0.3) is 0 Å². The summed E-state index contributed by atoms with van der Waals surface area (Å²) in [5.74, 6) is 0.525. The zero-order valence-electron chi connectivity index (χ0n) is 9.32. The average Bonchev–Trinajstić information content (AvgIpc) is 2.17. The van der Waals surface area contributed by atoms with Crippen molar-refractivity contribution in [2.75, 3.05) is 7.05 Å². The molecule has 0 fully saturated rings. The van der Waals surface area contributed by atoms with Gasteiger partial charge in [0.2, 0.25) is 10.0 Å². The Morgan fingerprint density at radius 1 is 1.33 bits per heavy atom. The van der Waals surface area contributed by atoms with Gasteiger partial charge < -0.3 is 0 Å². The molecule has 1 aromatic rings. The standard InChI is InChI=1S/C11H17NO2S/c1-9(2)7-10-5-4-6-11(8-10)15(13,14)12-3/h4-6,8-9,12H,7H2,1-3H3. The van der Waals surface area contributed by atoms with E-state index in [-0.39, 0.29) is 0 Å². The van der Waals surface area contributed by atoms with Crippen LogP contribution in [-0.2, 0) is 16.4 Å². The highest BCUT2D eigenvalue weighted by atomic mass is 32.2. The molecule has 15 heavy (non-hydrogen) atoms. The van der Waals surface area contributed by atoms with Crippen molar-refractivity contribution in [3.8, 4) is 0 Å². The van der Waals surface area contributed by atoms with Gasteiger partial charge in [-0.05, 0) is 37.1 Å². The molecule has 0 heterocycles. The first kappa shape index (κ1) is 12.2. The molecule has 0 saturated heterocycles. The molecular formula is C11H17NO2S. The highest BCUT2D eigenvalue weighted by Gasteiger charge is 2.11. The van der Waals surface area contributed by atoms with Crippen molar-refractivity contribution in [2.45, 2.75) is 25.2 Å². The molecule has 0 amide bonds. The number of nitrogens with one attached hydrogen (secondary N) is 1. The van der Waals surface area contributed by atoms with Gasteiger partial charge >= 0.3 is 0 Å². The molecule has 0 spiro atoms. The molecule has 3 nitrogen and oxygen atoms in total. The van der Waals surface area contributed by atoms with Crippen molar-refractivity contribution in [3.63, 3.8) is 0 Å². The van der Waals surface area contributed by atoms with E-state index in [1.165, 1.54) is 7.05 Å². The first-order chi connectivity index (χ1) is 6.95. The first-order valence-electron chi connectivity index (χ1n) is 4.98. The lowest BCUT2D eigenvalue weighted by atomic mass is 10.0. The molecule has 0 atom stereocenters. The Hall–Kier alpha value is -0.870. The van der Waals surface area contributed by atoms with E-state index in [0.29, 0.717) is 10.8 Å². The van der Waals surface area contributed by atoms with Gasteiger partial charge in [0, 0.05) is 0 Å². The molecule has 1 aromatic carbocycles. The number of hydrogen-bond acceptors (Lipinski definition) is 2. The fourth-order valence-electron chi connectivity index (χ4n) is 1.43. The lowest BCUT2D eigenvalue weighted by molar-refractivity contribution is 0.587. The molecule has 4 heteroatoms. The number of benzene rings is 1. The Bertz CT molecular complexity index is 424. The summed E-state index contributed by atoms with van der Waals surface area (Å²) < 4.78 is 25.4. The van der Waals surface area contributed by atoms with E-state index in [1.807, 2.05) is 6.07 Å². The summed E-state index contributed by atoms with van der Waals surface area (Å²) in [7, 11) is -1.89. The van der Waals surface area contributed by atoms with Gasteiger partial charge in [-0.2, -0.15) is 0 Å². The number of sulfonamides is 1. The van der Waals surface area contributed by atoms with Crippen LogP contribution < -0.4 is 4.72 Å². The minimum Gasteiger partial charge on any atom is -0.214 e. The SMILES string of the molecule is CNS(=O)(=O)c1cccc(CC(C)C)c1. The highest BCUT2D eigenvalue weighted by molar-refractivity contribution is 7.89. The largest absolute Gasteiger partial charge is 0.240 e. The van der Waals surface area contributed by atoms with Crippen LogP contribution in [0.1, 0.15) is 19.4 Å². The summed E-state index contributed by atoms with van der Waals surface area (Å²) >= 11 is 0. The van der Waals surface area contributed by atoms with Gasteiger partial charge in [0.05, 0.1) is 4.90 Å². The molecule has 1 N–H and O–H groups in total. The summed E-state index contributed by atoms with van der Waals surface area (Å²) in [6.45, 7) is 4.22. The Labute approximate surface area is 91.6 Å². The monoisotopic (exact) mass is 227 g/mol. The predicted octanol–water partition coefficient (Wildman–Crippen LogP) is 1.79. The second-order valence-electron chi connectivity index (χ2n) is 3.95. The summed E-state index contributed by atoms with van der Waals surface area (Å²) in [4.78, 5) is 0.336. The topological polar surface area (TPSA) is 46.2 Å². The van der Waals surface area contributed by atoms with Crippen LogP contribution in [0.25, 0.3) is 0 Å². The Kier molecular flexibility index (Phi) is 3.88. The fourth-order valence-corrected chi connectivity index (χ4v) is 2.23. The maximum absolute atomic E-state index is 11.5. The second kappa shape index (κ2) is 4.77. The third-order valence-corrected chi connectivity index (χ3v) is 3.53. The highest BCUT2D eigenvalue weighted by Crippen LogP contribution is 2.14. The van der Waals surface area contributed by atoms with Crippen LogP contribution in [0.4, 0.5) is 0 Å². The molecule has 84 valence electrons. The number of rotatable bonds is 4. The van der Waals surface area contributed by atoms with Gasteiger partial charge in [-0.25, -0.2) is 13.1 Å².